The molecule has 0 aliphatic carbocycles. The summed E-state index contributed by atoms with van der Waals surface area (Å²) >= 11 is 1.25. The van der Waals surface area contributed by atoms with E-state index in [1.54, 1.807) is 24.4 Å². The van der Waals surface area contributed by atoms with Crippen LogP contribution in [0.25, 0.3) is 10.9 Å². The zero-order chi connectivity index (χ0) is 26.3. The number of rotatable bonds is 6. The predicted octanol–water partition coefficient (Wildman–Crippen LogP) is 2.15. The second-order valence-electron chi connectivity index (χ2n) is 9.43. The molecule has 1 aromatic carbocycles. The maximum Gasteiger partial charge on any atom is 0.292 e. The average molecular weight is 522 g/mol. The van der Waals surface area contributed by atoms with E-state index < -0.39 is 23.6 Å². The number of amides is 3. The molecule has 3 amide bonds. The Morgan fingerprint density at radius 3 is 2.65 bits per heavy atom. The molecular weight excluding hydrogens is 494 g/mol. The molecule has 3 aromatic rings. The summed E-state index contributed by atoms with van der Waals surface area (Å²) in [5.41, 5.74) is 2.43. The quantitative estimate of drug-likeness (QED) is 0.289. The van der Waals surface area contributed by atoms with Gasteiger partial charge >= 0.3 is 0 Å². The summed E-state index contributed by atoms with van der Waals surface area (Å²) in [5.74, 6) is -1.89. The summed E-state index contributed by atoms with van der Waals surface area (Å²) in [6.45, 7) is 5.54. The maximum absolute atomic E-state index is 13.2. The second-order valence-corrected chi connectivity index (χ2v) is 10.4. The third-order valence-corrected chi connectivity index (χ3v) is 7.94. The van der Waals surface area contributed by atoms with Crippen LogP contribution in [0.5, 0.6) is 0 Å². The van der Waals surface area contributed by atoms with E-state index in [1.807, 2.05) is 13.0 Å². The number of ketones is 1. The van der Waals surface area contributed by atoms with Gasteiger partial charge in [0.05, 0.1) is 22.3 Å². The minimum atomic E-state index is -0.803. The Bertz CT molecular complexity index is 1500. The molecule has 4 heterocycles. The van der Waals surface area contributed by atoms with Gasteiger partial charge in [-0.15, -0.1) is 11.3 Å². The Labute approximate surface area is 216 Å². The van der Waals surface area contributed by atoms with Crippen LogP contribution in [-0.4, -0.2) is 46.1 Å². The van der Waals surface area contributed by atoms with Gasteiger partial charge in [-0.05, 0) is 44.7 Å². The molecule has 37 heavy (non-hydrogen) atoms. The van der Waals surface area contributed by atoms with Crippen molar-refractivity contribution in [3.8, 4) is 0 Å². The van der Waals surface area contributed by atoms with Gasteiger partial charge in [-0.25, -0.2) is 4.98 Å². The van der Waals surface area contributed by atoms with Gasteiger partial charge in [-0.2, -0.15) is 0 Å². The molecule has 192 valence electrons. The Morgan fingerprint density at radius 2 is 1.92 bits per heavy atom. The maximum atomic E-state index is 13.2. The van der Waals surface area contributed by atoms with E-state index in [-0.39, 0.29) is 30.9 Å². The van der Waals surface area contributed by atoms with Crippen LogP contribution in [0.2, 0.25) is 0 Å². The average Bonchev–Trinajstić information content (AvgIpc) is 3.54. The number of carbonyl (C=O) groups excluding carboxylic acids is 4. The van der Waals surface area contributed by atoms with Crippen molar-refractivity contribution in [3.05, 3.63) is 55.8 Å². The van der Waals surface area contributed by atoms with Gasteiger partial charge in [0.2, 0.25) is 17.6 Å². The molecule has 1 atom stereocenters. The minimum absolute atomic E-state index is 0.0396. The largest absolute Gasteiger partial charge is 0.371 e. The number of piperidine rings is 1. The van der Waals surface area contributed by atoms with E-state index >= 15 is 0 Å². The number of hydrogen-bond acceptors (Lipinski definition) is 8. The molecule has 10 nitrogen and oxygen atoms in total. The highest BCUT2D eigenvalue weighted by atomic mass is 32.1. The van der Waals surface area contributed by atoms with E-state index in [4.69, 9.17) is 0 Å². The van der Waals surface area contributed by atoms with Gasteiger partial charge in [-0.1, -0.05) is 12.1 Å². The number of aryl methyl sites for hydroxylation is 2. The monoisotopic (exact) mass is 521 g/mol. The van der Waals surface area contributed by atoms with Crippen LogP contribution in [0.4, 0.5) is 5.69 Å². The number of benzene rings is 1. The third kappa shape index (κ3) is 4.66. The number of anilines is 1. The number of hydrogen-bond donors (Lipinski definition) is 2. The topological polar surface area (TPSA) is 130 Å². The summed E-state index contributed by atoms with van der Waals surface area (Å²) in [5, 5.41) is 6.90. The van der Waals surface area contributed by atoms with E-state index in [2.05, 4.69) is 20.5 Å². The van der Waals surface area contributed by atoms with Gasteiger partial charge < -0.3 is 10.2 Å². The van der Waals surface area contributed by atoms with E-state index in [1.165, 1.54) is 15.9 Å². The lowest BCUT2D eigenvalue weighted by Crippen LogP contribution is -2.45. The first-order valence-corrected chi connectivity index (χ1v) is 13.1. The molecule has 5 rings (SSSR count). The second kappa shape index (κ2) is 9.89. The first-order valence-electron chi connectivity index (χ1n) is 12.3. The molecule has 2 N–H and O–H groups in total. The van der Waals surface area contributed by atoms with E-state index in [0.717, 1.165) is 37.2 Å². The van der Waals surface area contributed by atoms with Crippen LogP contribution in [0.3, 0.4) is 0 Å². The Balaban J connectivity index is 1.33. The van der Waals surface area contributed by atoms with Gasteiger partial charge in [-0.3, -0.25) is 33.9 Å². The van der Waals surface area contributed by atoms with Gasteiger partial charge in [0.15, 0.2) is 0 Å². The molecule has 2 saturated heterocycles. The van der Waals surface area contributed by atoms with Gasteiger partial charge in [0.1, 0.15) is 11.9 Å². The molecular formula is C26H27N5O5S. The zero-order valence-corrected chi connectivity index (χ0v) is 21.4. The van der Waals surface area contributed by atoms with Crippen molar-refractivity contribution >= 4 is 51.4 Å². The molecule has 2 aliphatic rings. The van der Waals surface area contributed by atoms with Crippen LogP contribution in [0.15, 0.2) is 28.4 Å². The SMILES string of the molecule is Cc1ccc(C(=O)C(=O)NCc2scc3c(=O)n(C4CCC(=O)NC4=O)c(C)nc23)cc1N1CCCC1. The van der Waals surface area contributed by atoms with Crippen molar-refractivity contribution in [2.24, 2.45) is 0 Å². The number of fused-ring (bicyclic) bond motifs is 1. The highest BCUT2D eigenvalue weighted by Crippen LogP contribution is 2.27. The molecule has 0 radical (unpaired) electrons. The lowest BCUT2D eigenvalue weighted by Gasteiger charge is -2.24. The molecule has 0 saturated carbocycles. The fourth-order valence-corrected chi connectivity index (χ4v) is 5.90. The van der Waals surface area contributed by atoms with Crippen molar-refractivity contribution in [3.63, 3.8) is 0 Å². The van der Waals surface area contributed by atoms with Crippen LogP contribution in [0, 0.1) is 13.8 Å². The molecule has 0 bridgehead atoms. The Hall–Kier alpha value is -3.86. The highest BCUT2D eigenvalue weighted by molar-refractivity contribution is 7.11. The summed E-state index contributed by atoms with van der Waals surface area (Å²) in [7, 11) is 0. The predicted molar refractivity (Wildman–Crippen MR) is 139 cm³/mol. The number of carbonyl (C=O) groups is 4. The van der Waals surface area contributed by atoms with Crippen molar-refractivity contribution in [2.45, 2.75) is 52.1 Å². The number of thiophene rings is 1. The lowest BCUT2D eigenvalue weighted by molar-refractivity contribution is -0.135. The van der Waals surface area contributed by atoms with Crippen molar-refractivity contribution in [1.29, 1.82) is 0 Å². The third-order valence-electron chi connectivity index (χ3n) is 6.97. The smallest absolute Gasteiger partial charge is 0.292 e. The van der Waals surface area contributed by atoms with Crippen molar-refractivity contribution in [2.75, 3.05) is 18.0 Å². The van der Waals surface area contributed by atoms with Crippen LogP contribution >= 0.6 is 11.3 Å². The fourth-order valence-electron chi connectivity index (χ4n) is 5.00. The number of imide groups is 1. The molecule has 2 fully saturated rings. The fraction of sp³-hybridized carbons (Fsp3) is 0.385. The highest BCUT2D eigenvalue weighted by Gasteiger charge is 2.31. The van der Waals surface area contributed by atoms with Crippen LogP contribution in [0.1, 0.15) is 58.3 Å². The molecule has 0 spiro atoms. The number of aromatic nitrogens is 2. The Kier molecular flexibility index (Phi) is 6.63. The van der Waals surface area contributed by atoms with E-state index in [9.17, 15) is 24.0 Å². The van der Waals surface area contributed by atoms with Crippen LogP contribution in [-0.2, 0) is 20.9 Å². The summed E-state index contributed by atoms with van der Waals surface area (Å²) in [6, 6.07) is 4.51. The first-order chi connectivity index (χ1) is 17.7. The number of nitrogens with zero attached hydrogens (tertiary/aromatic N) is 3. The summed E-state index contributed by atoms with van der Waals surface area (Å²) in [6.07, 6.45) is 2.60. The van der Waals surface area contributed by atoms with Crippen molar-refractivity contribution in [1.82, 2.24) is 20.2 Å². The lowest BCUT2D eigenvalue weighted by atomic mass is 10.1. The molecule has 2 aliphatic heterocycles. The normalized spacial score (nSPS) is 17.8. The summed E-state index contributed by atoms with van der Waals surface area (Å²) < 4.78 is 1.32. The molecule has 1 unspecified atom stereocenters. The zero-order valence-electron chi connectivity index (χ0n) is 20.6. The molecule has 2 aromatic heterocycles. The van der Waals surface area contributed by atoms with Gasteiger partial charge in [0, 0.05) is 36.1 Å². The number of Topliss-reactive ketones (excluding diaryl/α,β-unsaturated/α-hetero) is 1. The van der Waals surface area contributed by atoms with Crippen molar-refractivity contribution < 1.29 is 19.2 Å². The minimum Gasteiger partial charge on any atom is -0.371 e. The first kappa shape index (κ1) is 24.8. The van der Waals surface area contributed by atoms with E-state index in [0.29, 0.717) is 27.2 Å². The number of nitrogens with one attached hydrogen (secondary N) is 2. The Morgan fingerprint density at radius 1 is 1.16 bits per heavy atom. The molecule has 11 heteroatoms. The van der Waals surface area contributed by atoms with Crippen LogP contribution < -0.4 is 21.1 Å². The van der Waals surface area contributed by atoms with Gasteiger partial charge in [0.25, 0.3) is 11.5 Å². The standard InChI is InChI=1S/C26H27N5O5S/c1-14-5-6-16(11-19(14)30-9-3-4-10-30)23(33)25(35)27-12-20-22-17(13-37-20)26(36)31(15(2)28-22)18-7-8-21(32)29-24(18)34/h5-6,11,13,18H,3-4,7-10,12H2,1-2H3,(H,27,35)(H,29,32,34). The summed E-state index contributed by atoms with van der Waals surface area (Å²) in [4.78, 5) is 70.0.